The third kappa shape index (κ3) is 3.19. The molecule has 0 bridgehead atoms. The molecule has 3 nitrogen and oxygen atoms in total. The molecule has 1 heterocycles. The predicted octanol–water partition coefficient (Wildman–Crippen LogP) is 3.73. The van der Waals surface area contributed by atoms with Crippen molar-refractivity contribution in [2.75, 3.05) is 7.11 Å². The van der Waals surface area contributed by atoms with Crippen molar-refractivity contribution >= 4 is 5.97 Å². The number of ether oxygens (including phenoxy) is 1. The van der Waals surface area contributed by atoms with Crippen molar-refractivity contribution in [3.8, 4) is 0 Å². The summed E-state index contributed by atoms with van der Waals surface area (Å²) in [6.07, 6.45) is 1.05. The summed E-state index contributed by atoms with van der Waals surface area (Å²) in [7, 11) is 1.50. The number of benzene rings is 1. The summed E-state index contributed by atoms with van der Waals surface area (Å²) < 4.78 is 5.12. The van der Waals surface area contributed by atoms with E-state index in [0.29, 0.717) is 23.8 Å². The van der Waals surface area contributed by atoms with Crippen molar-refractivity contribution in [3.05, 3.63) is 35.9 Å². The fraction of sp³-hybridized carbons (Fsp3) is 0.632. The summed E-state index contributed by atoms with van der Waals surface area (Å²) in [6.45, 7) is 9.80. The predicted molar refractivity (Wildman–Crippen MR) is 89.4 cm³/mol. The molecule has 1 saturated heterocycles. The Labute approximate surface area is 134 Å². The molecule has 0 aliphatic carbocycles. The number of methoxy groups -OCH3 is 1. The lowest BCUT2D eigenvalue weighted by molar-refractivity contribution is -0.157. The van der Waals surface area contributed by atoms with Crippen molar-refractivity contribution in [1.82, 2.24) is 4.90 Å². The molecule has 0 saturated carbocycles. The van der Waals surface area contributed by atoms with Crippen LogP contribution in [0, 0.1) is 17.8 Å². The molecule has 0 unspecified atom stereocenters. The van der Waals surface area contributed by atoms with Gasteiger partial charge in [-0.3, -0.25) is 9.69 Å². The number of hydrogen-bond donors (Lipinski definition) is 0. The van der Waals surface area contributed by atoms with E-state index in [4.69, 9.17) is 4.74 Å². The monoisotopic (exact) mass is 303 g/mol. The Balaban J connectivity index is 2.34. The Morgan fingerprint density at radius 1 is 1.09 bits per heavy atom. The molecule has 1 aliphatic rings. The number of hydrogen-bond acceptors (Lipinski definition) is 3. The van der Waals surface area contributed by atoms with Crippen LogP contribution in [0.1, 0.15) is 39.7 Å². The van der Waals surface area contributed by atoms with Crippen LogP contribution >= 0.6 is 0 Å². The molecule has 1 fully saturated rings. The molecule has 5 atom stereocenters. The van der Waals surface area contributed by atoms with E-state index in [1.54, 1.807) is 0 Å². The number of rotatable bonds is 4. The summed E-state index contributed by atoms with van der Waals surface area (Å²) in [6, 6.07) is 10.7. The highest BCUT2D eigenvalue weighted by Crippen LogP contribution is 2.39. The van der Waals surface area contributed by atoms with E-state index in [2.05, 4.69) is 56.9 Å². The van der Waals surface area contributed by atoms with Crippen LogP contribution in [0.2, 0.25) is 0 Å². The standard InChI is InChI=1S/C19H29NO2/c1-6-17-14(3)13(2)15(4)18(19(21)22-5)20(17)12-16-10-8-7-9-11-16/h7-11,13-15,17-18H,6,12H2,1-5H3/t13-,14+,15-,17+,18+/m0/s1. The highest BCUT2D eigenvalue weighted by molar-refractivity contribution is 5.76. The van der Waals surface area contributed by atoms with Crippen LogP contribution in [-0.4, -0.2) is 30.1 Å². The Kier molecular flexibility index (Phi) is 5.63. The van der Waals surface area contributed by atoms with Crippen LogP contribution in [0.15, 0.2) is 30.3 Å². The Morgan fingerprint density at radius 3 is 2.27 bits per heavy atom. The Morgan fingerprint density at radius 2 is 1.73 bits per heavy atom. The van der Waals surface area contributed by atoms with Gasteiger partial charge in [-0.15, -0.1) is 0 Å². The molecule has 0 radical (unpaired) electrons. The number of carbonyl (C=O) groups excluding carboxylic acids is 1. The van der Waals surface area contributed by atoms with Gasteiger partial charge in [0.25, 0.3) is 0 Å². The first-order valence-electron chi connectivity index (χ1n) is 8.38. The Hall–Kier alpha value is -1.35. The smallest absolute Gasteiger partial charge is 0.323 e. The zero-order valence-corrected chi connectivity index (χ0v) is 14.5. The molecule has 2 rings (SSSR count). The van der Waals surface area contributed by atoms with Crippen molar-refractivity contribution in [3.63, 3.8) is 0 Å². The van der Waals surface area contributed by atoms with Gasteiger partial charge in [-0.05, 0) is 29.7 Å². The lowest BCUT2D eigenvalue weighted by Gasteiger charge is -2.50. The van der Waals surface area contributed by atoms with Gasteiger partial charge < -0.3 is 4.74 Å². The van der Waals surface area contributed by atoms with Gasteiger partial charge in [0.2, 0.25) is 0 Å². The quantitative estimate of drug-likeness (QED) is 0.794. The average molecular weight is 303 g/mol. The number of nitrogens with zero attached hydrogens (tertiary/aromatic N) is 1. The van der Waals surface area contributed by atoms with Crippen molar-refractivity contribution in [1.29, 1.82) is 0 Å². The lowest BCUT2D eigenvalue weighted by Crippen LogP contribution is -2.59. The molecule has 1 aromatic carbocycles. The molecule has 3 heteroatoms. The third-order valence-electron chi connectivity index (χ3n) is 5.62. The van der Waals surface area contributed by atoms with Gasteiger partial charge in [-0.2, -0.15) is 0 Å². The highest BCUT2D eigenvalue weighted by atomic mass is 16.5. The molecule has 0 N–H and O–H groups in total. The summed E-state index contributed by atoms with van der Waals surface area (Å²) in [5, 5.41) is 0. The van der Waals surface area contributed by atoms with E-state index in [1.807, 2.05) is 6.07 Å². The summed E-state index contributed by atoms with van der Waals surface area (Å²) >= 11 is 0. The fourth-order valence-electron chi connectivity index (χ4n) is 4.01. The van der Waals surface area contributed by atoms with Gasteiger partial charge in [0.1, 0.15) is 6.04 Å². The molecule has 0 amide bonds. The minimum absolute atomic E-state index is 0.0966. The maximum Gasteiger partial charge on any atom is 0.323 e. The largest absolute Gasteiger partial charge is 0.468 e. The molecule has 22 heavy (non-hydrogen) atoms. The van der Waals surface area contributed by atoms with E-state index in [1.165, 1.54) is 12.7 Å². The topological polar surface area (TPSA) is 29.5 Å². The molecule has 122 valence electrons. The first-order chi connectivity index (χ1) is 10.5. The van der Waals surface area contributed by atoms with Crippen molar-refractivity contribution < 1.29 is 9.53 Å². The number of esters is 1. The van der Waals surface area contributed by atoms with E-state index in [-0.39, 0.29) is 12.0 Å². The van der Waals surface area contributed by atoms with Gasteiger partial charge in [-0.1, -0.05) is 58.0 Å². The minimum Gasteiger partial charge on any atom is -0.468 e. The average Bonchev–Trinajstić information content (AvgIpc) is 2.54. The third-order valence-corrected chi connectivity index (χ3v) is 5.62. The van der Waals surface area contributed by atoms with Crippen molar-refractivity contribution in [2.45, 2.75) is 52.7 Å². The van der Waals surface area contributed by atoms with Crippen LogP contribution in [0.3, 0.4) is 0 Å². The normalized spacial score (nSPS) is 32.7. The molecule has 1 aliphatic heterocycles. The van der Waals surface area contributed by atoms with Crippen LogP contribution in [0.25, 0.3) is 0 Å². The van der Waals surface area contributed by atoms with Crippen molar-refractivity contribution in [2.24, 2.45) is 17.8 Å². The highest BCUT2D eigenvalue weighted by Gasteiger charge is 2.46. The molecule has 0 spiro atoms. The van der Waals surface area contributed by atoms with Gasteiger partial charge in [0, 0.05) is 12.6 Å². The molecular weight excluding hydrogens is 274 g/mol. The number of piperidine rings is 1. The minimum atomic E-state index is -0.152. The van der Waals surface area contributed by atoms with Crippen LogP contribution in [0.5, 0.6) is 0 Å². The second kappa shape index (κ2) is 7.28. The second-order valence-corrected chi connectivity index (χ2v) is 6.68. The molecule has 0 aromatic heterocycles. The van der Waals surface area contributed by atoms with E-state index in [0.717, 1.165) is 13.0 Å². The first kappa shape index (κ1) is 17.0. The van der Waals surface area contributed by atoms with Crippen LogP contribution in [-0.2, 0) is 16.1 Å². The summed E-state index contributed by atoms with van der Waals surface area (Å²) in [4.78, 5) is 14.8. The first-order valence-corrected chi connectivity index (χ1v) is 8.38. The molecular formula is C19H29NO2. The summed E-state index contributed by atoms with van der Waals surface area (Å²) in [5.74, 6) is 1.29. The maximum absolute atomic E-state index is 12.4. The number of carbonyl (C=O) groups is 1. The lowest BCUT2D eigenvalue weighted by atomic mass is 9.71. The van der Waals surface area contributed by atoms with E-state index >= 15 is 0 Å². The maximum atomic E-state index is 12.4. The van der Waals surface area contributed by atoms with E-state index in [9.17, 15) is 4.79 Å². The Bertz CT molecular complexity index is 487. The zero-order chi connectivity index (χ0) is 16.3. The fourth-order valence-corrected chi connectivity index (χ4v) is 4.01. The van der Waals surface area contributed by atoms with Gasteiger partial charge in [-0.25, -0.2) is 0 Å². The van der Waals surface area contributed by atoms with Gasteiger partial charge >= 0.3 is 5.97 Å². The van der Waals surface area contributed by atoms with Gasteiger partial charge in [0.15, 0.2) is 0 Å². The van der Waals surface area contributed by atoms with E-state index < -0.39 is 0 Å². The number of likely N-dealkylation sites (tertiary alicyclic amines) is 1. The zero-order valence-electron chi connectivity index (χ0n) is 14.5. The van der Waals surface area contributed by atoms with Crippen LogP contribution < -0.4 is 0 Å². The van der Waals surface area contributed by atoms with Gasteiger partial charge in [0.05, 0.1) is 7.11 Å². The van der Waals surface area contributed by atoms with Crippen LogP contribution in [0.4, 0.5) is 0 Å². The summed E-state index contributed by atoms with van der Waals surface area (Å²) in [5.41, 5.74) is 1.25. The molecule has 1 aromatic rings. The SMILES string of the molecule is CC[C@@H]1[C@H](C)[C@H](C)[C@H](C)[C@H](C(=O)OC)N1Cc1ccccc1. The second-order valence-electron chi connectivity index (χ2n) is 6.68.